The van der Waals surface area contributed by atoms with Gasteiger partial charge in [0.1, 0.15) is 28.2 Å². The fraction of sp³-hybridized carbons (Fsp3) is 0.130. The molecule has 4 aromatic rings. The maximum atomic E-state index is 12.7. The number of nitrogens with two attached hydrogens (primary N) is 1. The smallest absolute Gasteiger partial charge is 0.341 e. The van der Waals surface area contributed by atoms with E-state index >= 15 is 0 Å². The summed E-state index contributed by atoms with van der Waals surface area (Å²) in [4.78, 5) is 26.5. The average Bonchev–Trinajstić information content (AvgIpc) is 3.47. The number of anilines is 1. The number of hydrogen-bond acceptors (Lipinski definition) is 7. The SMILES string of the molecule is CCOC(=O)c1cc(-c2ccccc2)sc1NC(=O)Cn1cc(-c2cccc(S(N)=O)c2)nn1. The lowest BCUT2D eigenvalue weighted by Crippen LogP contribution is -2.20. The van der Waals surface area contributed by atoms with Gasteiger partial charge in [0.25, 0.3) is 0 Å². The minimum Gasteiger partial charge on any atom is -0.462 e. The van der Waals surface area contributed by atoms with Crippen molar-refractivity contribution < 1.29 is 18.5 Å². The first kappa shape index (κ1) is 23.5. The number of benzene rings is 2. The maximum absolute atomic E-state index is 12.7. The predicted molar refractivity (Wildman–Crippen MR) is 130 cm³/mol. The number of aromatic nitrogens is 3. The van der Waals surface area contributed by atoms with Gasteiger partial charge in [-0.05, 0) is 30.7 Å². The van der Waals surface area contributed by atoms with E-state index in [1.165, 1.54) is 16.0 Å². The van der Waals surface area contributed by atoms with E-state index in [4.69, 9.17) is 9.88 Å². The Morgan fingerprint density at radius 3 is 2.62 bits per heavy atom. The average molecular weight is 496 g/mol. The molecule has 1 amide bonds. The molecule has 0 aliphatic carbocycles. The van der Waals surface area contributed by atoms with Crippen molar-refractivity contribution in [1.82, 2.24) is 15.0 Å². The highest BCUT2D eigenvalue weighted by Gasteiger charge is 2.20. The van der Waals surface area contributed by atoms with Crippen LogP contribution >= 0.6 is 11.3 Å². The minimum atomic E-state index is -1.61. The van der Waals surface area contributed by atoms with Crippen LogP contribution < -0.4 is 10.5 Å². The van der Waals surface area contributed by atoms with Crippen LogP contribution in [0.25, 0.3) is 21.7 Å². The van der Waals surface area contributed by atoms with Gasteiger partial charge in [-0.2, -0.15) is 0 Å². The lowest BCUT2D eigenvalue weighted by molar-refractivity contribution is -0.116. The van der Waals surface area contributed by atoms with Gasteiger partial charge in [0.15, 0.2) is 0 Å². The molecule has 1 unspecified atom stereocenters. The van der Waals surface area contributed by atoms with E-state index in [0.717, 1.165) is 10.4 Å². The second kappa shape index (κ2) is 10.5. The molecular weight excluding hydrogens is 474 g/mol. The molecule has 4 rings (SSSR count). The van der Waals surface area contributed by atoms with Crippen molar-refractivity contribution in [2.45, 2.75) is 18.4 Å². The molecule has 2 heterocycles. The molecule has 0 spiro atoms. The van der Waals surface area contributed by atoms with Crippen molar-refractivity contribution in [2.24, 2.45) is 5.14 Å². The lowest BCUT2D eigenvalue weighted by atomic mass is 10.1. The molecule has 0 aliphatic heterocycles. The van der Waals surface area contributed by atoms with Gasteiger partial charge in [-0.15, -0.1) is 16.4 Å². The van der Waals surface area contributed by atoms with Gasteiger partial charge in [-0.1, -0.05) is 47.7 Å². The number of carbonyl (C=O) groups is 2. The van der Waals surface area contributed by atoms with Crippen LogP contribution in [-0.4, -0.2) is 37.7 Å². The van der Waals surface area contributed by atoms with E-state index in [0.29, 0.717) is 26.7 Å². The molecule has 0 saturated heterocycles. The Kier molecular flexibility index (Phi) is 7.26. The molecule has 0 saturated carbocycles. The number of thiophene rings is 1. The Morgan fingerprint density at radius 2 is 1.88 bits per heavy atom. The molecular formula is C23H21N5O4S2. The Labute approximate surface area is 202 Å². The standard InChI is InChI=1S/C23H21N5O4S2/c1-2-32-23(30)18-12-20(15-7-4-3-5-8-15)33-22(18)25-21(29)14-28-13-19(26-27-28)16-9-6-10-17(11-16)34(24)31/h3-13H,2,14,24H2,1H3,(H,25,29). The fourth-order valence-corrected chi connectivity index (χ4v) is 4.71. The van der Waals surface area contributed by atoms with Crippen LogP contribution in [0.2, 0.25) is 0 Å². The molecule has 0 aliphatic rings. The Balaban J connectivity index is 1.52. The summed E-state index contributed by atoms with van der Waals surface area (Å²) in [6.45, 7) is 1.84. The Bertz CT molecular complexity index is 1350. The van der Waals surface area contributed by atoms with Crippen molar-refractivity contribution in [3.63, 3.8) is 0 Å². The lowest BCUT2D eigenvalue weighted by Gasteiger charge is -2.06. The van der Waals surface area contributed by atoms with Crippen molar-refractivity contribution in [3.8, 4) is 21.7 Å². The zero-order valence-electron chi connectivity index (χ0n) is 18.1. The summed E-state index contributed by atoms with van der Waals surface area (Å²) in [5.74, 6) is -0.878. The summed E-state index contributed by atoms with van der Waals surface area (Å²) in [6.07, 6.45) is 1.61. The number of hydrogen-bond donors (Lipinski definition) is 2. The van der Waals surface area contributed by atoms with Crippen molar-refractivity contribution in [2.75, 3.05) is 11.9 Å². The Morgan fingerprint density at radius 1 is 1.12 bits per heavy atom. The van der Waals surface area contributed by atoms with Crippen molar-refractivity contribution >= 4 is 39.2 Å². The fourth-order valence-electron chi connectivity index (χ4n) is 3.19. The summed E-state index contributed by atoms with van der Waals surface area (Å²) >= 11 is 1.29. The molecule has 11 heteroatoms. The topological polar surface area (TPSA) is 129 Å². The van der Waals surface area contributed by atoms with E-state index < -0.39 is 17.0 Å². The molecule has 0 fully saturated rings. The molecule has 0 radical (unpaired) electrons. The summed E-state index contributed by atoms with van der Waals surface area (Å²) in [6, 6.07) is 18.1. The van der Waals surface area contributed by atoms with Gasteiger partial charge in [0.05, 0.1) is 23.3 Å². The van der Waals surface area contributed by atoms with Gasteiger partial charge in [0.2, 0.25) is 5.91 Å². The van der Waals surface area contributed by atoms with Crippen LogP contribution in [0.4, 0.5) is 5.00 Å². The van der Waals surface area contributed by atoms with Crippen LogP contribution in [0.3, 0.4) is 0 Å². The third-order valence-electron chi connectivity index (χ3n) is 4.75. The number of nitrogens with one attached hydrogen (secondary N) is 1. The van der Waals surface area contributed by atoms with Crippen LogP contribution in [-0.2, 0) is 27.1 Å². The molecule has 0 bridgehead atoms. The van der Waals surface area contributed by atoms with Crippen LogP contribution in [0.5, 0.6) is 0 Å². The van der Waals surface area contributed by atoms with Gasteiger partial charge >= 0.3 is 5.97 Å². The quantitative estimate of drug-likeness (QED) is 0.360. The zero-order chi connectivity index (χ0) is 24.1. The molecule has 34 heavy (non-hydrogen) atoms. The first-order chi connectivity index (χ1) is 16.4. The second-order valence-electron chi connectivity index (χ2n) is 7.11. The summed E-state index contributed by atoms with van der Waals surface area (Å²) in [5, 5.41) is 16.7. The molecule has 9 nitrogen and oxygen atoms in total. The third kappa shape index (κ3) is 5.45. The normalized spacial score (nSPS) is 11.7. The number of carbonyl (C=O) groups excluding carboxylic acids is 2. The first-order valence-corrected chi connectivity index (χ1v) is 12.3. The third-order valence-corrected chi connectivity index (χ3v) is 6.56. The number of rotatable bonds is 8. The highest BCUT2D eigenvalue weighted by molar-refractivity contribution is 7.82. The molecule has 3 N–H and O–H groups in total. The number of esters is 1. The first-order valence-electron chi connectivity index (χ1n) is 10.3. The van der Waals surface area contributed by atoms with Gasteiger partial charge < -0.3 is 10.1 Å². The Hall–Kier alpha value is -3.67. The van der Waals surface area contributed by atoms with Gasteiger partial charge in [0, 0.05) is 10.4 Å². The van der Waals surface area contributed by atoms with Gasteiger partial charge in [-0.25, -0.2) is 18.8 Å². The van der Waals surface area contributed by atoms with E-state index in [1.807, 2.05) is 30.3 Å². The predicted octanol–water partition coefficient (Wildman–Crippen LogP) is 3.47. The van der Waals surface area contributed by atoms with E-state index in [-0.39, 0.29) is 19.1 Å². The van der Waals surface area contributed by atoms with Crippen LogP contribution in [0.1, 0.15) is 17.3 Å². The molecule has 2 aromatic heterocycles. The maximum Gasteiger partial charge on any atom is 0.341 e. The monoisotopic (exact) mass is 495 g/mol. The second-order valence-corrected chi connectivity index (χ2v) is 9.23. The zero-order valence-corrected chi connectivity index (χ0v) is 19.8. The number of ether oxygens (including phenoxy) is 1. The van der Waals surface area contributed by atoms with Crippen molar-refractivity contribution in [3.05, 3.63) is 72.4 Å². The van der Waals surface area contributed by atoms with Crippen LogP contribution in [0.15, 0.2) is 71.8 Å². The number of nitrogens with zero attached hydrogens (tertiary/aromatic N) is 3. The van der Waals surface area contributed by atoms with Gasteiger partial charge in [-0.3, -0.25) is 4.79 Å². The molecule has 2 aromatic carbocycles. The van der Waals surface area contributed by atoms with E-state index in [2.05, 4.69) is 15.6 Å². The van der Waals surface area contributed by atoms with E-state index in [9.17, 15) is 13.8 Å². The highest BCUT2D eigenvalue weighted by Crippen LogP contribution is 2.36. The highest BCUT2D eigenvalue weighted by atomic mass is 32.2. The molecule has 174 valence electrons. The summed E-state index contributed by atoms with van der Waals surface area (Å²) in [7, 11) is -1.61. The minimum absolute atomic E-state index is 0.115. The van der Waals surface area contributed by atoms with Crippen LogP contribution in [0, 0.1) is 0 Å². The summed E-state index contributed by atoms with van der Waals surface area (Å²) < 4.78 is 18.1. The largest absolute Gasteiger partial charge is 0.462 e. The van der Waals surface area contributed by atoms with Crippen molar-refractivity contribution in [1.29, 1.82) is 0 Å². The number of amides is 1. The molecule has 1 atom stereocenters. The summed E-state index contributed by atoms with van der Waals surface area (Å²) in [5.41, 5.74) is 2.41. The van der Waals surface area contributed by atoms with E-state index in [1.54, 1.807) is 43.5 Å².